The molecule has 4 heteroatoms. The lowest BCUT2D eigenvalue weighted by molar-refractivity contribution is -0.123. The highest BCUT2D eigenvalue weighted by Gasteiger charge is 2.39. The Balaban J connectivity index is 2.46. The van der Waals surface area contributed by atoms with Crippen molar-refractivity contribution in [3.8, 4) is 0 Å². The van der Waals surface area contributed by atoms with Gasteiger partial charge in [0.1, 0.15) is 0 Å². The maximum Gasteiger partial charge on any atom is 0.236 e. The van der Waals surface area contributed by atoms with Gasteiger partial charge in [-0.15, -0.1) is 0 Å². The number of likely N-dealkylation sites (N-methyl/N-ethyl adjacent to an activating group) is 1. The highest BCUT2D eigenvalue weighted by Crippen LogP contribution is 2.35. The maximum absolute atomic E-state index is 11.7. The van der Waals surface area contributed by atoms with Crippen LogP contribution in [0.2, 0.25) is 0 Å². The number of carbonyl (C=O) groups excluding carboxylic acids is 1. The Kier molecular flexibility index (Phi) is 3.82. The van der Waals surface area contributed by atoms with Crippen molar-refractivity contribution < 1.29 is 4.79 Å². The van der Waals surface area contributed by atoms with Crippen molar-refractivity contribution in [3.05, 3.63) is 0 Å². The smallest absolute Gasteiger partial charge is 0.236 e. The zero-order chi connectivity index (χ0) is 11.7. The summed E-state index contributed by atoms with van der Waals surface area (Å²) in [5.41, 5.74) is 0.202. The number of nitrogens with zero attached hydrogens (tertiary/aromatic N) is 1. The van der Waals surface area contributed by atoms with Gasteiger partial charge in [-0.05, 0) is 47.2 Å². The van der Waals surface area contributed by atoms with Crippen LogP contribution in [0.4, 0.5) is 0 Å². The molecule has 1 saturated carbocycles. The molecule has 0 heterocycles. The van der Waals surface area contributed by atoms with Crippen molar-refractivity contribution in [2.75, 3.05) is 20.6 Å². The van der Waals surface area contributed by atoms with Crippen LogP contribution < -0.4 is 5.32 Å². The topological polar surface area (TPSA) is 32.3 Å². The lowest BCUT2D eigenvalue weighted by Gasteiger charge is -2.47. The second-order valence-corrected chi connectivity index (χ2v) is 7.11. The molecule has 88 valence electrons. The molecule has 0 aromatic heterocycles. The van der Waals surface area contributed by atoms with Crippen molar-refractivity contribution in [2.45, 2.75) is 43.0 Å². The molecule has 1 N–H and O–H groups in total. The molecule has 1 fully saturated rings. The van der Waals surface area contributed by atoms with Gasteiger partial charge in [0.2, 0.25) is 5.91 Å². The second-order valence-electron chi connectivity index (χ2n) is 5.13. The predicted molar refractivity (Wildman–Crippen MR) is 66.3 cm³/mol. The zero-order valence-corrected chi connectivity index (χ0v) is 11.6. The lowest BCUT2D eigenvalue weighted by Crippen LogP contribution is -2.58. The number of alkyl halides is 1. The largest absolute Gasteiger partial charge is 0.353 e. The van der Waals surface area contributed by atoms with E-state index >= 15 is 0 Å². The monoisotopic (exact) mass is 276 g/mol. The van der Waals surface area contributed by atoms with Crippen LogP contribution in [-0.2, 0) is 4.79 Å². The molecule has 15 heavy (non-hydrogen) atoms. The van der Waals surface area contributed by atoms with Gasteiger partial charge in [0.25, 0.3) is 0 Å². The summed E-state index contributed by atoms with van der Waals surface area (Å²) in [4.78, 5) is 13.9. The van der Waals surface area contributed by atoms with Gasteiger partial charge in [-0.3, -0.25) is 4.79 Å². The molecule has 0 radical (unpaired) electrons. The molecule has 1 aliphatic carbocycles. The van der Waals surface area contributed by atoms with Gasteiger partial charge in [-0.1, -0.05) is 15.9 Å². The number of nitrogens with one attached hydrogen (secondary N) is 1. The SMILES string of the molecule is CN(C)C1(CNC(=O)C(C)(C)Br)CCC1. The Morgan fingerprint density at radius 2 is 2.00 bits per heavy atom. The van der Waals surface area contributed by atoms with E-state index in [1.165, 1.54) is 19.3 Å². The van der Waals surface area contributed by atoms with Gasteiger partial charge in [0.05, 0.1) is 4.32 Å². The molecule has 1 aliphatic rings. The fourth-order valence-corrected chi connectivity index (χ4v) is 1.96. The third kappa shape index (κ3) is 2.94. The summed E-state index contributed by atoms with van der Waals surface area (Å²) in [5.74, 6) is 0.0654. The Morgan fingerprint density at radius 1 is 1.47 bits per heavy atom. The molecule has 1 rings (SSSR count). The molecular formula is C11H21BrN2O. The highest BCUT2D eigenvalue weighted by atomic mass is 79.9. The van der Waals surface area contributed by atoms with Gasteiger partial charge in [-0.2, -0.15) is 0 Å². The van der Waals surface area contributed by atoms with Crippen LogP contribution in [0.3, 0.4) is 0 Å². The normalized spacial score (nSPS) is 19.9. The number of hydrogen-bond donors (Lipinski definition) is 1. The maximum atomic E-state index is 11.7. The molecule has 0 bridgehead atoms. The number of amides is 1. The summed E-state index contributed by atoms with van der Waals surface area (Å²) in [7, 11) is 4.18. The molecule has 0 unspecified atom stereocenters. The van der Waals surface area contributed by atoms with Crippen LogP contribution >= 0.6 is 15.9 Å². The molecule has 0 aliphatic heterocycles. The van der Waals surface area contributed by atoms with E-state index < -0.39 is 4.32 Å². The van der Waals surface area contributed by atoms with Gasteiger partial charge in [0.15, 0.2) is 0 Å². The van der Waals surface area contributed by atoms with Crippen LogP contribution in [0.15, 0.2) is 0 Å². The first-order valence-electron chi connectivity index (χ1n) is 5.43. The molecule has 0 saturated heterocycles. The van der Waals surface area contributed by atoms with Crippen molar-refractivity contribution in [2.24, 2.45) is 0 Å². The van der Waals surface area contributed by atoms with E-state index in [1.807, 2.05) is 13.8 Å². The molecular weight excluding hydrogens is 256 g/mol. The van der Waals surface area contributed by atoms with E-state index in [4.69, 9.17) is 0 Å². The Labute approximate surface area is 101 Å². The van der Waals surface area contributed by atoms with Gasteiger partial charge >= 0.3 is 0 Å². The fourth-order valence-electron chi connectivity index (χ4n) is 1.82. The lowest BCUT2D eigenvalue weighted by atomic mass is 9.75. The van der Waals surface area contributed by atoms with Crippen LogP contribution in [0, 0.1) is 0 Å². The van der Waals surface area contributed by atoms with Crippen molar-refractivity contribution in [1.82, 2.24) is 10.2 Å². The minimum Gasteiger partial charge on any atom is -0.353 e. The summed E-state index contributed by atoms with van der Waals surface area (Å²) in [6.07, 6.45) is 3.64. The third-order valence-corrected chi connectivity index (χ3v) is 3.71. The van der Waals surface area contributed by atoms with Crippen LogP contribution in [0.25, 0.3) is 0 Å². The van der Waals surface area contributed by atoms with Crippen molar-refractivity contribution in [3.63, 3.8) is 0 Å². The molecule has 0 aromatic rings. The number of carbonyl (C=O) groups is 1. The van der Waals surface area contributed by atoms with E-state index in [0.717, 1.165) is 6.54 Å². The van der Waals surface area contributed by atoms with Crippen LogP contribution in [0.1, 0.15) is 33.1 Å². The standard InChI is InChI=1S/C11H21BrN2O/c1-10(2,12)9(15)13-8-11(14(3)4)6-5-7-11/h5-8H2,1-4H3,(H,13,15). The molecule has 0 spiro atoms. The predicted octanol–water partition coefficient (Wildman–Crippen LogP) is 1.76. The van der Waals surface area contributed by atoms with E-state index in [0.29, 0.717) is 0 Å². The first kappa shape index (κ1) is 13.0. The van der Waals surface area contributed by atoms with E-state index in [1.54, 1.807) is 0 Å². The van der Waals surface area contributed by atoms with Crippen molar-refractivity contribution >= 4 is 21.8 Å². The average molecular weight is 277 g/mol. The highest BCUT2D eigenvalue weighted by molar-refractivity contribution is 9.10. The third-order valence-electron chi connectivity index (χ3n) is 3.35. The quantitative estimate of drug-likeness (QED) is 0.794. The van der Waals surface area contributed by atoms with E-state index in [-0.39, 0.29) is 11.4 Å². The average Bonchev–Trinajstić information content (AvgIpc) is 1.99. The Bertz CT molecular complexity index is 241. The second kappa shape index (κ2) is 4.42. The van der Waals surface area contributed by atoms with Gasteiger partial charge in [-0.25, -0.2) is 0 Å². The first-order valence-corrected chi connectivity index (χ1v) is 6.22. The van der Waals surface area contributed by atoms with Crippen LogP contribution in [-0.4, -0.2) is 41.3 Å². The molecule has 3 nitrogen and oxygen atoms in total. The molecule has 0 aromatic carbocycles. The minimum absolute atomic E-state index is 0.0654. The number of hydrogen-bond acceptors (Lipinski definition) is 2. The summed E-state index contributed by atoms with van der Waals surface area (Å²) < 4.78 is -0.468. The van der Waals surface area contributed by atoms with E-state index in [2.05, 4.69) is 40.2 Å². The number of rotatable bonds is 4. The van der Waals surface area contributed by atoms with Gasteiger partial charge in [0, 0.05) is 12.1 Å². The minimum atomic E-state index is -0.468. The van der Waals surface area contributed by atoms with Gasteiger partial charge < -0.3 is 10.2 Å². The summed E-state index contributed by atoms with van der Waals surface area (Å²) >= 11 is 3.36. The fraction of sp³-hybridized carbons (Fsp3) is 0.909. The van der Waals surface area contributed by atoms with Crippen molar-refractivity contribution in [1.29, 1.82) is 0 Å². The van der Waals surface area contributed by atoms with E-state index in [9.17, 15) is 4.79 Å². The number of halogens is 1. The van der Waals surface area contributed by atoms with Crippen LogP contribution in [0.5, 0.6) is 0 Å². The summed E-state index contributed by atoms with van der Waals surface area (Å²) in [6, 6.07) is 0. The summed E-state index contributed by atoms with van der Waals surface area (Å²) in [5, 5.41) is 3.02. The Hall–Kier alpha value is -0.0900. The first-order chi connectivity index (χ1) is 6.78. The summed E-state index contributed by atoms with van der Waals surface area (Å²) in [6.45, 7) is 4.49. The molecule has 1 amide bonds. The molecule has 0 atom stereocenters. The Morgan fingerprint density at radius 3 is 2.27 bits per heavy atom. The zero-order valence-electron chi connectivity index (χ0n) is 10.1.